The fourth-order valence-electron chi connectivity index (χ4n) is 3.04. The molecule has 2 aliphatic carbocycles. The van der Waals surface area contributed by atoms with E-state index in [1.807, 2.05) is 0 Å². The van der Waals surface area contributed by atoms with E-state index in [0.717, 1.165) is 11.6 Å². The zero-order valence-corrected chi connectivity index (χ0v) is 10.9. The van der Waals surface area contributed by atoms with Crippen molar-refractivity contribution in [1.82, 2.24) is 0 Å². The van der Waals surface area contributed by atoms with Gasteiger partial charge in [0.15, 0.2) is 0 Å². The second-order valence-electron chi connectivity index (χ2n) is 4.99. The van der Waals surface area contributed by atoms with Gasteiger partial charge in [-0.25, -0.2) is 0 Å². The molecule has 0 aromatic carbocycles. The van der Waals surface area contributed by atoms with Gasteiger partial charge in [-0.3, -0.25) is 0 Å². The van der Waals surface area contributed by atoms with Crippen LogP contribution in [-0.4, -0.2) is 7.28 Å². The van der Waals surface area contributed by atoms with Crippen LogP contribution in [0.3, 0.4) is 0 Å². The molecule has 0 heterocycles. The summed E-state index contributed by atoms with van der Waals surface area (Å²) in [5, 5.41) is 0. The Morgan fingerprint density at radius 2 is 0.929 bits per heavy atom. The highest BCUT2D eigenvalue weighted by atomic mass is 79.9. The topological polar surface area (TPSA) is 0 Å². The molecular formula is C12H23BBr. The van der Waals surface area contributed by atoms with Crippen LogP contribution in [0.5, 0.6) is 0 Å². The molecule has 2 heteroatoms. The highest BCUT2D eigenvalue weighted by Crippen LogP contribution is 2.36. The van der Waals surface area contributed by atoms with Crippen LogP contribution < -0.4 is 0 Å². The Kier molecular flexibility index (Phi) is 6.24. The monoisotopic (exact) mass is 257 g/mol. The Hall–Kier alpha value is 0.545. The van der Waals surface area contributed by atoms with E-state index >= 15 is 0 Å². The third kappa shape index (κ3) is 3.96. The molecule has 0 aromatic heterocycles. The van der Waals surface area contributed by atoms with E-state index in [4.69, 9.17) is 0 Å². The first-order valence-corrected chi connectivity index (χ1v) is 6.30. The van der Waals surface area contributed by atoms with Crippen molar-refractivity contribution >= 4 is 24.3 Å². The maximum atomic E-state index is 2.72. The van der Waals surface area contributed by atoms with Crippen molar-refractivity contribution in [3.05, 3.63) is 0 Å². The van der Waals surface area contributed by atoms with Gasteiger partial charge in [0.05, 0.1) is 0 Å². The van der Waals surface area contributed by atoms with Crippen molar-refractivity contribution in [2.24, 2.45) is 0 Å². The minimum atomic E-state index is 0. The molecule has 2 aliphatic rings. The summed E-state index contributed by atoms with van der Waals surface area (Å²) in [6.45, 7) is 0. The van der Waals surface area contributed by atoms with E-state index < -0.39 is 0 Å². The predicted octanol–water partition coefficient (Wildman–Crippen LogP) is 4.77. The van der Waals surface area contributed by atoms with Crippen molar-refractivity contribution in [2.45, 2.75) is 75.8 Å². The van der Waals surface area contributed by atoms with Gasteiger partial charge in [-0.05, 0) is 0 Å². The summed E-state index contributed by atoms with van der Waals surface area (Å²) >= 11 is 0. The lowest BCUT2D eigenvalue weighted by Crippen LogP contribution is -2.16. The number of hydrogen-bond donors (Lipinski definition) is 0. The molecule has 0 saturated heterocycles. The van der Waals surface area contributed by atoms with E-state index in [1.54, 1.807) is 0 Å². The fourth-order valence-corrected chi connectivity index (χ4v) is 3.04. The Morgan fingerprint density at radius 3 is 1.29 bits per heavy atom. The van der Waals surface area contributed by atoms with Crippen LogP contribution in [0.15, 0.2) is 0 Å². The van der Waals surface area contributed by atoms with E-state index in [2.05, 4.69) is 7.28 Å². The smallest absolute Gasteiger partial charge is 0.114 e. The SMILES string of the molecule is Br.[B](C1CCCCC1)C1CCCCC1. The summed E-state index contributed by atoms with van der Waals surface area (Å²) in [6, 6.07) is 0. The molecule has 0 atom stereocenters. The summed E-state index contributed by atoms with van der Waals surface area (Å²) in [4.78, 5) is 0. The molecule has 14 heavy (non-hydrogen) atoms. The van der Waals surface area contributed by atoms with Gasteiger partial charge in [0.2, 0.25) is 0 Å². The molecule has 0 amide bonds. The Labute approximate surface area is 100 Å². The maximum Gasteiger partial charge on any atom is 0.117 e. The van der Waals surface area contributed by atoms with Crippen molar-refractivity contribution in [3.63, 3.8) is 0 Å². The lowest BCUT2D eigenvalue weighted by atomic mass is 9.48. The summed E-state index contributed by atoms with van der Waals surface area (Å²) in [5.74, 6) is 1.99. The zero-order valence-electron chi connectivity index (χ0n) is 9.21. The molecule has 0 aromatic rings. The van der Waals surface area contributed by atoms with Gasteiger partial charge in [0.1, 0.15) is 7.28 Å². The summed E-state index contributed by atoms with van der Waals surface area (Å²) in [6.07, 6.45) is 15.0. The second kappa shape index (κ2) is 6.92. The van der Waals surface area contributed by atoms with Gasteiger partial charge in [-0.2, -0.15) is 0 Å². The number of hydrogen-bond acceptors (Lipinski definition) is 0. The third-order valence-electron chi connectivity index (χ3n) is 3.84. The molecule has 2 rings (SSSR count). The predicted molar refractivity (Wildman–Crippen MR) is 69.7 cm³/mol. The average Bonchev–Trinajstić information content (AvgIpc) is 2.21. The fraction of sp³-hybridized carbons (Fsp3) is 1.00. The lowest BCUT2D eigenvalue weighted by molar-refractivity contribution is 0.470. The van der Waals surface area contributed by atoms with E-state index in [1.165, 1.54) is 64.2 Å². The highest BCUT2D eigenvalue weighted by Gasteiger charge is 2.21. The molecule has 0 N–H and O–H groups in total. The van der Waals surface area contributed by atoms with Gasteiger partial charge < -0.3 is 0 Å². The molecule has 2 fully saturated rings. The molecule has 0 unspecified atom stereocenters. The van der Waals surface area contributed by atoms with Crippen LogP contribution in [0.1, 0.15) is 64.2 Å². The van der Waals surface area contributed by atoms with Crippen molar-refractivity contribution in [2.75, 3.05) is 0 Å². The Balaban J connectivity index is 0.000000980. The van der Waals surface area contributed by atoms with Crippen LogP contribution in [-0.2, 0) is 0 Å². The van der Waals surface area contributed by atoms with Crippen LogP contribution in [0.25, 0.3) is 0 Å². The van der Waals surface area contributed by atoms with Gasteiger partial charge in [0, 0.05) is 0 Å². The molecule has 81 valence electrons. The average molecular weight is 258 g/mol. The standard InChI is InChI=1S/C12H22B.BrH/c1-3-7-11(8-4-1)13-12-9-5-2-6-10-12;/h11-12H,1-10H2;1H. The van der Waals surface area contributed by atoms with Crippen LogP contribution in [0.2, 0.25) is 11.6 Å². The molecule has 0 nitrogen and oxygen atoms in total. The van der Waals surface area contributed by atoms with Gasteiger partial charge >= 0.3 is 0 Å². The lowest BCUT2D eigenvalue weighted by Gasteiger charge is -2.27. The molecule has 0 aliphatic heterocycles. The first kappa shape index (κ1) is 12.6. The summed E-state index contributed by atoms with van der Waals surface area (Å²) < 4.78 is 0. The van der Waals surface area contributed by atoms with Crippen LogP contribution >= 0.6 is 17.0 Å². The minimum Gasteiger partial charge on any atom is -0.114 e. The first-order chi connectivity index (χ1) is 6.45. The molecule has 1 radical (unpaired) electrons. The third-order valence-corrected chi connectivity index (χ3v) is 3.84. The van der Waals surface area contributed by atoms with E-state index in [-0.39, 0.29) is 17.0 Å². The molecular weight excluding hydrogens is 235 g/mol. The zero-order chi connectivity index (χ0) is 8.93. The second-order valence-corrected chi connectivity index (χ2v) is 4.99. The van der Waals surface area contributed by atoms with Gasteiger partial charge in [0.25, 0.3) is 0 Å². The largest absolute Gasteiger partial charge is 0.117 e. The quantitative estimate of drug-likeness (QED) is 0.625. The van der Waals surface area contributed by atoms with Gasteiger partial charge in [-0.15, -0.1) is 17.0 Å². The number of rotatable bonds is 2. The normalized spacial score (nSPS) is 25.4. The van der Waals surface area contributed by atoms with E-state index in [9.17, 15) is 0 Å². The Morgan fingerprint density at radius 1 is 0.571 bits per heavy atom. The minimum absolute atomic E-state index is 0. The van der Waals surface area contributed by atoms with Crippen LogP contribution in [0, 0.1) is 0 Å². The Bertz CT molecular complexity index is 121. The van der Waals surface area contributed by atoms with Crippen LogP contribution in [0.4, 0.5) is 0 Å². The highest BCUT2D eigenvalue weighted by molar-refractivity contribution is 8.93. The van der Waals surface area contributed by atoms with Crippen molar-refractivity contribution in [1.29, 1.82) is 0 Å². The molecule has 2 saturated carbocycles. The molecule has 0 bridgehead atoms. The van der Waals surface area contributed by atoms with Gasteiger partial charge in [-0.1, -0.05) is 75.8 Å². The van der Waals surface area contributed by atoms with E-state index in [0.29, 0.717) is 0 Å². The maximum absolute atomic E-state index is 2.72. The van der Waals surface area contributed by atoms with Crippen molar-refractivity contribution in [3.8, 4) is 0 Å². The van der Waals surface area contributed by atoms with Crippen molar-refractivity contribution < 1.29 is 0 Å². The molecule has 0 spiro atoms. The summed E-state index contributed by atoms with van der Waals surface area (Å²) in [5.41, 5.74) is 0. The summed E-state index contributed by atoms with van der Waals surface area (Å²) in [7, 11) is 2.72. The number of halogens is 1. The first-order valence-electron chi connectivity index (χ1n) is 6.30.